The monoisotopic (exact) mass is 693 g/mol. The van der Waals surface area contributed by atoms with Crippen molar-refractivity contribution in [2.75, 3.05) is 4.90 Å². The summed E-state index contributed by atoms with van der Waals surface area (Å²) in [4.78, 5) is 2.28. The molecule has 0 aliphatic rings. The number of anilines is 3. The van der Waals surface area contributed by atoms with Gasteiger partial charge in [-0.3, -0.25) is 0 Å². The predicted octanol–water partition coefficient (Wildman–Crippen LogP) is 14.4. The van der Waals surface area contributed by atoms with E-state index in [1.54, 1.807) is 0 Å². The molecule has 0 saturated carbocycles. The summed E-state index contributed by atoms with van der Waals surface area (Å²) in [6, 6.07) is 63.6. The predicted molar refractivity (Wildman–Crippen MR) is 229 cm³/mol. The van der Waals surface area contributed by atoms with Crippen molar-refractivity contribution in [3.05, 3.63) is 218 Å². The zero-order valence-electron chi connectivity index (χ0n) is 34.3. The maximum atomic E-state index is 8.68. The molecule has 0 N–H and O–H groups in total. The normalized spacial score (nSPS) is 12.6. The Labute approximate surface area is 322 Å². The molecular weight excluding hydrogens is 653 g/mol. The molecule has 54 heavy (non-hydrogen) atoms. The SMILES string of the molecule is [2H]c1c([2H])c([2H])c(-c2ccc(N(c3ccccc3-c3ccc4ccccc4c3)c3ccccc3-c3cccc4c3c3ccccc3n4-c3ccccc3)cc2)c([2H])c1[2H]. The molecule has 10 rings (SSSR count). The largest absolute Gasteiger partial charge is 0.309 e. The number of nitrogens with zero attached hydrogens (tertiary/aromatic N) is 2. The van der Waals surface area contributed by atoms with Gasteiger partial charge in [-0.1, -0.05) is 164 Å². The van der Waals surface area contributed by atoms with Gasteiger partial charge in [0.25, 0.3) is 0 Å². The van der Waals surface area contributed by atoms with Crippen LogP contribution in [0.5, 0.6) is 0 Å². The Morgan fingerprint density at radius 2 is 1.02 bits per heavy atom. The molecule has 0 radical (unpaired) electrons. The fourth-order valence-corrected chi connectivity index (χ4v) is 7.84. The van der Waals surface area contributed by atoms with Gasteiger partial charge in [-0.25, -0.2) is 0 Å². The van der Waals surface area contributed by atoms with Gasteiger partial charge in [0.1, 0.15) is 0 Å². The molecule has 1 aromatic heterocycles. The van der Waals surface area contributed by atoms with Gasteiger partial charge in [0, 0.05) is 33.3 Å². The minimum Gasteiger partial charge on any atom is -0.309 e. The quantitative estimate of drug-likeness (QED) is 0.161. The van der Waals surface area contributed by atoms with E-state index in [0.717, 1.165) is 72.2 Å². The zero-order chi connectivity index (χ0) is 40.2. The summed E-state index contributed by atoms with van der Waals surface area (Å²) in [5.74, 6) is 0. The highest BCUT2D eigenvalue weighted by Gasteiger charge is 2.23. The second-order valence-corrected chi connectivity index (χ2v) is 13.4. The van der Waals surface area contributed by atoms with Gasteiger partial charge in [-0.05, 0) is 87.6 Å². The van der Waals surface area contributed by atoms with E-state index in [0.29, 0.717) is 5.56 Å². The summed E-state index contributed by atoms with van der Waals surface area (Å²) in [5, 5.41) is 4.62. The van der Waals surface area contributed by atoms with Crippen LogP contribution in [0.25, 0.3) is 71.6 Å². The minimum atomic E-state index is -0.407. The molecule has 10 aromatic rings. The number of hydrogen-bond acceptors (Lipinski definition) is 1. The summed E-state index contributed by atoms with van der Waals surface area (Å²) < 4.78 is 44.5. The van der Waals surface area contributed by atoms with Crippen LogP contribution >= 0.6 is 0 Å². The second kappa shape index (κ2) is 13.4. The van der Waals surface area contributed by atoms with Crippen molar-refractivity contribution in [2.45, 2.75) is 0 Å². The van der Waals surface area contributed by atoms with Crippen molar-refractivity contribution < 1.29 is 6.85 Å². The van der Waals surface area contributed by atoms with Crippen LogP contribution < -0.4 is 4.90 Å². The molecule has 0 atom stereocenters. The molecule has 9 aromatic carbocycles. The van der Waals surface area contributed by atoms with Gasteiger partial charge in [0.2, 0.25) is 0 Å². The highest BCUT2D eigenvalue weighted by Crippen LogP contribution is 2.47. The van der Waals surface area contributed by atoms with E-state index in [1.807, 2.05) is 30.3 Å². The van der Waals surface area contributed by atoms with E-state index in [2.05, 4.69) is 167 Å². The number of para-hydroxylation sites is 4. The molecule has 0 unspecified atom stereocenters. The van der Waals surface area contributed by atoms with Crippen molar-refractivity contribution in [3.8, 4) is 39.1 Å². The van der Waals surface area contributed by atoms with Crippen LogP contribution in [0.4, 0.5) is 17.1 Å². The van der Waals surface area contributed by atoms with Crippen LogP contribution in [-0.2, 0) is 0 Å². The third-order valence-electron chi connectivity index (χ3n) is 10.3. The average Bonchev–Trinajstić information content (AvgIpc) is 3.63. The van der Waals surface area contributed by atoms with Gasteiger partial charge in [0.05, 0.1) is 29.3 Å². The van der Waals surface area contributed by atoms with Crippen molar-refractivity contribution >= 4 is 49.6 Å². The summed E-state index contributed by atoms with van der Waals surface area (Å²) in [6.45, 7) is 0. The van der Waals surface area contributed by atoms with Crippen LogP contribution in [0, 0.1) is 0 Å². The zero-order valence-corrected chi connectivity index (χ0v) is 29.3. The average molecular weight is 694 g/mol. The standard InChI is InChI=1S/C52H36N2/c1-3-16-37(17-4-1)39-32-34-43(35-33-39)53(48-26-12-9-22-44(48)41-31-30-38-18-7-8-19-40(38)36-41)49-27-13-10-23-45(49)46-25-15-29-51-52(46)47-24-11-14-28-50(47)54(51)42-20-5-2-6-21-42/h1-36H/i1D,3D,4D,16D,17D. The Kier molecular flexibility index (Phi) is 6.61. The molecule has 0 aliphatic heterocycles. The Morgan fingerprint density at radius 1 is 0.407 bits per heavy atom. The molecular formula is C52H36N2. The second-order valence-electron chi connectivity index (χ2n) is 13.4. The molecule has 2 nitrogen and oxygen atoms in total. The lowest BCUT2D eigenvalue weighted by molar-refractivity contribution is 1.18. The molecule has 1 heterocycles. The van der Waals surface area contributed by atoms with Crippen molar-refractivity contribution in [2.24, 2.45) is 0 Å². The van der Waals surface area contributed by atoms with Crippen LogP contribution in [0.1, 0.15) is 6.85 Å². The van der Waals surface area contributed by atoms with Gasteiger partial charge in [-0.2, -0.15) is 0 Å². The fourth-order valence-electron chi connectivity index (χ4n) is 7.84. The van der Waals surface area contributed by atoms with Crippen molar-refractivity contribution in [1.82, 2.24) is 4.57 Å². The molecule has 0 aliphatic carbocycles. The number of aromatic nitrogens is 1. The number of benzene rings is 9. The van der Waals surface area contributed by atoms with Gasteiger partial charge >= 0.3 is 0 Å². The molecule has 0 bridgehead atoms. The minimum absolute atomic E-state index is 0.174. The number of rotatable bonds is 7. The first kappa shape index (κ1) is 26.6. The van der Waals surface area contributed by atoms with Crippen LogP contribution in [0.15, 0.2) is 218 Å². The lowest BCUT2D eigenvalue weighted by Gasteiger charge is -2.30. The maximum absolute atomic E-state index is 8.68. The Balaban J connectivity index is 1.22. The molecule has 0 fully saturated rings. The van der Waals surface area contributed by atoms with Crippen LogP contribution in [-0.4, -0.2) is 4.57 Å². The Morgan fingerprint density at radius 3 is 1.83 bits per heavy atom. The molecule has 254 valence electrons. The van der Waals surface area contributed by atoms with Gasteiger partial charge in [-0.15, -0.1) is 0 Å². The summed E-state index contributed by atoms with van der Waals surface area (Å²) in [5.41, 5.74) is 11.1. The van der Waals surface area contributed by atoms with E-state index in [1.165, 1.54) is 5.39 Å². The van der Waals surface area contributed by atoms with Gasteiger partial charge < -0.3 is 9.47 Å². The van der Waals surface area contributed by atoms with E-state index < -0.39 is 6.04 Å². The molecule has 0 spiro atoms. The third-order valence-corrected chi connectivity index (χ3v) is 10.3. The van der Waals surface area contributed by atoms with Crippen LogP contribution in [0.3, 0.4) is 0 Å². The first-order valence-corrected chi connectivity index (χ1v) is 18.1. The smallest absolute Gasteiger partial charge is 0.0629 e. The van der Waals surface area contributed by atoms with E-state index >= 15 is 0 Å². The maximum Gasteiger partial charge on any atom is 0.0629 e. The summed E-state index contributed by atoms with van der Waals surface area (Å²) in [6.07, 6.45) is 0. The van der Waals surface area contributed by atoms with Crippen molar-refractivity contribution in [3.63, 3.8) is 0 Å². The Hall–Kier alpha value is -7.16. The summed E-state index contributed by atoms with van der Waals surface area (Å²) >= 11 is 0. The van der Waals surface area contributed by atoms with E-state index in [-0.39, 0.29) is 29.7 Å². The molecule has 0 saturated heterocycles. The lowest BCUT2D eigenvalue weighted by Crippen LogP contribution is -2.12. The van der Waals surface area contributed by atoms with Crippen LogP contribution in [0.2, 0.25) is 0 Å². The number of hydrogen-bond donors (Lipinski definition) is 0. The van der Waals surface area contributed by atoms with Crippen molar-refractivity contribution in [1.29, 1.82) is 0 Å². The summed E-state index contributed by atoms with van der Waals surface area (Å²) in [7, 11) is 0. The van der Waals surface area contributed by atoms with E-state index in [9.17, 15) is 0 Å². The van der Waals surface area contributed by atoms with E-state index in [4.69, 9.17) is 6.85 Å². The molecule has 0 amide bonds. The fraction of sp³-hybridized carbons (Fsp3) is 0. The first-order valence-electron chi connectivity index (χ1n) is 20.6. The highest BCUT2D eigenvalue weighted by atomic mass is 15.1. The Bertz CT molecular complexity index is 3200. The van der Waals surface area contributed by atoms with Gasteiger partial charge in [0.15, 0.2) is 0 Å². The number of fused-ring (bicyclic) bond motifs is 4. The first-order chi connectivity index (χ1) is 28.9. The topological polar surface area (TPSA) is 8.17 Å². The highest BCUT2D eigenvalue weighted by molar-refractivity contribution is 6.17. The lowest BCUT2D eigenvalue weighted by atomic mass is 9.95. The molecule has 2 heteroatoms. The third kappa shape index (κ3) is 5.44.